The Hall–Kier alpha value is -1.15. The monoisotopic (exact) mass is 346 g/mol. The fraction of sp³-hybridized carbons (Fsp3) is 0.867. The number of rotatable bonds is 6. The van der Waals surface area contributed by atoms with E-state index in [2.05, 4.69) is 11.6 Å². The zero-order chi connectivity index (χ0) is 17.0. The van der Waals surface area contributed by atoms with Crippen molar-refractivity contribution < 1.29 is 23.1 Å². The van der Waals surface area contributed by atoms with Crippen LogP contribution in [0.15, 0.2) is 0 Å². The molecule has 132 valence electrons. The zero-order valence-electron chi connectivity index (χ0n) is 13.5. The average Bonchev–Trinajstić information content (AvgIpc) is 2.88. The number of nitrogens with zero attached hydrogens (tertiary/aromatic N) is 1. The predicted molar refractivity (Wildman–Crippen MR) is 85.3 cm³/mol. The summed E-state index contributed by atoms with van der Waals surface area (Å²) in [7, 11) is -3.68. The van der Waals surface area contributed by atoms with Crippen molar-refractivity contribution in [1.29, 1.82) is 0 Å². The lowest BCUT2D eigenvalue weighted by Gasteiger charge is -2.27. The van der Waals surface area contributed by atoms with Gasteiger partial charge >= 0.3 is 5.97 Å². The Kier molecular flexibility index (Phi) is 6.02. The van der Waals surface area contributed by atoms with Crippen LogP contribution in [0, 0.1) is 5.92 Å². The molecule has 2 fully saturated rings. The van der Waals surface area contributed by atoms with Gasteiger partial charge in [-0.3, -0.25) is 9.59 Å². The molecule has 0 bridgehead atoms. The van der Waals surface area contributed by atoms with E-state index in [9.17, 15) is 18.0 Å². The van der Waals surface area contributed by atoms with E-state index < -0.39 is 27.7 Å². The number of hydrogen-bond acceptors (Lipinski definition) is 4. The molecule has 23 heavy (non-hydrogen) atoms. The third-order valence-electron chi connectivity index (χ3n) is 4.78. The van der Waals surface area contributed by atoms with Crippen LogP contribution in [-0.4, -0.2) is 54.7 Å². The van der Waals surface area contributed by atoms with Crippen molar-refractivity contribution in [2.45, 2.75) is 64.0 Å². The number of carboxylic acids is 1. The van der Waals surface area contributed by atoms with Crippen molar-refractivity contribution in [1.82, 2.24) is 9.62 Å². The first-order valence-corrected chi connectivity index (χ1v) is 9.93. The maximum Gasteiger partial charge on any atom is 0.305 e. The molecule has 0 aromatic rings. The van der Waals surface area contributed by atoms with Crippen LogP contribution < -0.4 is 4.72 Å². The van der Waals surface area contributed by atoms with Gasteiger partial charge in [0.05, 0.1) is 6.42 Å². The van der Waals surface area contributed by atoms with E-state index in [0.29, 0.717) is 18.9 Å². The van der Waals surface area contributed by atoms with Crippen LogP contribution in [0.5, 0.6) is 0 Å². The maximum absolute atomic E-state index is 12.3. The normalized spacial score (nSPS) is 28.7. The van der Waals surface area contributed by atoms with Crippen LogP contribution in [0.25, 0.3) is 0 Å². The van der Waals surface area contributed by atoms with Crippen LogP contribution in [0.1, 0.15) is 51.9 Å². The van der Waals surface area contributed by atoms with Gasteiger partial charge in [0, 0.05) is 18.6 Å². The number of carbonyl (C=O) groups excluding carboxylic acids is 1. The number of carbonyl (C=O) groups is 2. The second kappa shape index (κ2) is 7.61. The van der Waals surface area contributed by atoms with Crippen molar-refractivity contribution in [2.75, 3.05) is 12.3 Å². The van der Waals surface area contributed by atoms with Gasteiger partial charge < -0.3 is 10.0 Å². The third kappa shape index (κ3) is 5.46. The topological polar surface area (TPSA) is 104 Å². The molecule has 1 atom stereocenters. The summed E-state index contributed by atoms with van der Waals surface area (Å²) in [6.45, 7) is 2.59. The van der Waals surface area contributed by atoms with E-state index in [1.807, 2.05) is 0 Å². The summed E-state index contributed by atoms with van der Waals surface area (Å²) in [5, 5.41) is 8.88. The molecule has 8 heteroatoms. The molecule has 1 aliphatic carbocycles. The van der Waals surface area contributed by atoms with Gasteiger partial charge in [-0.05, 0) is 44.4 Å². The minimum Gasteiger partial charge on any atom is -0.481 e. The molecule has 2 aliphatic rings. The molecule has 2 rings (SSSR count). The number of likely N-dealkylation sites (tertiary alicyclic amines) is 1. The predicted octanol–water partition coefficient (Wildman–Crippen LogP) is 0.950. The van der Waals surface area contributed by atoms with Crippen LogP contribution >= 0.6 is 0 Å². The van der Waals surface area contributed by atoms with E-state index in [1.165, 1.54) is 4.90 Å². The first kappa shape index (κ1) is 18.2. The highest BCUT2D eigenvalue weighted by Gasteiger charge is 2.33. The second-order valence-electron chi connectivity index (χ2n) is 6.81. The van der Waals surface area contributed by atoms with Gasteiger partial charge in [-0.2, -0.15) is 0 Å². The highest BCUT2D eigenvalue weighted by atomic mass is 32.2. The Morgan fingerprint density at radius 2 is 1.83 bits per heavy atom. The van der Waals surface area contributed by atoms with Crippen molar-refractivity contribution in [3.8, 4) is 0 Å². The Morgan fingerprint density at radius 1 is 1.17 bits per heavy atom. The highest BCUT2D eigenvalue weighted by molar-refractivity contribution is 7.90. The van der Waals surface area contributed by atoms with E-state index >= 15 is 0 Å². The van der Waals surface area contributed by atoms with Gasteiger partial charge in [-0.15, -0.1) is 0 Å². The lowest BCUT2D eigenvalue weighted by Crippen LogP contribution is -2.45. The molecule has 0 aromatic heterocycles. The molecule has 1 unspecified atom stereocenters. The average molecular weight is 346 g/mol. The molecule has 1 heterocycles. The summed E-state index contributed by atoms with van der Waals surface area (Å²) in [5.41, 5.74) is 0. The maximum atomic E-state index is 12.3. The number of hydrogen-bond donors (Lipinski definition) is 2. The quantitative estimate of drug-likeness (QED) is 0.745. The summed E-state index contributed by atoms with van der Waals surface area (Å²) in [6, 6.07) is -0.469. The molecule has 1 amide bonds. The number of amides is 1. The molecule has 0 radical (unpaired) electrons. The summed E-state index contributed by atoms with van der Waals surface area (Å²) < 4.78 is 27.0. The Morgan fingerprint density at radius 3 is 2.43 bits per heavy atom. The number of aliphatic carboxylic acids is 1. The molecular formula is C15H26N2O5S. The van der Waals surface area contributed by atoms with Gasteiger partial charge in [-0.25, -0.2) is 13.1 Å². The second-order valence-corrected chi connectivity index (χ2v) is 8.57. The third-order valence-corrected chi connectivity index (χ3v) is 6.10. The standard InChI is InChI=1S/C15H26N2O5S/c1-11-4-6-12(7-5-11)16-23(21,22)10-14(18)17-8-2-3-13(17)9-15(19)20/h11-13,16H,2-10H2,1H3,(H,19,20). The Bertz CT molecular complexity index is 540. The van der Waals surface area contributed by atoms with E-state index in [4.69, 9.17) is 5.11 Å². The minimum absolute atomic E-state index is 0.0857. The van der Waals surface area contributed by atoms with Crippen LogP contribution in [-0.2, 0) is 19.6 Å². The molecule has 0 aromatic carbocycles. The number of nitrogens with one attached hydrogen (secondary N) is 1. The summed E-state index contributed by atoms with van der Waals surface area (Å²) >= 11 is 0. The van der Waals surface area contributed by atoms with Crippen molar-refractivity contribution in [3.05, 3.63) is 0 Å². The van der Waals surface area contributed by atoms with Crippen LogP contribution in [0.4, 0.5) is 0 Å². The molecule has 1 saturated carbocycles. The van der Waals surface area contributed by atoms with Gasteiger partial charge in [0.25, 0.3) is 0 Å². The van der Waals surface area contributed by atoms with Gasteiger partial charge in [0.1, 0.15) is 5.75 Å². The van der Waals surface area contributed by atoms with Gasteiger partial charge in [-0.1, -0.05) is 6.92 Å². The largest absolute Gasteiger partial charge is 0.481 e. The zero-order valence-corrected chi connectivity index (χ0v) is 14.3. The SMILES string of the molecule is CC1CCC(NS(=O)(=O)CC(=O)N2CCCC2CC(=O)O)CC1. The molecule has 2 N–H and O–H groups in total. The summed E-state index contributed by atoms with van der Waals surface area (Å²) in [6.07, 6.45) is 4.81. The fourth-order valence-corrected chi connectivity index (χ4v) is 4.81. The van der Waals surface area contributed by atoms with Gasteiger partial charge in [0.2, 0.25) is 15.9 Å². The molecule has 1 aliphatic heterocycles. The number of carboxylic acid groups (broad SMARTS) is 1. The lowest BCUT2D eigenvalue weighted by molar-refractivity contribution is -0.139. The smallest absolute Gasteiger partial charge is 0.305 e. The first-order chi connectivity index (χ1) is 10.8. The molecule has 1 saturated heterocycles. The Labute approximate surface area is 137 Å². The molecule has 0 spiro atoms. The van der Waals surface area contributed by atoms with Crippen LogP contribution in [0.2, 0.25) is 0 Å². The first-order valence-electron chi connectivity index (χ1n) is 8.28. The lowest BCUT2D eigenvalue weighted by atomic mass is 9.88. The number of sulfonamides is 1. The van der Waals surface area contributed by atoms with Gasteiger partial charge in [0.15, 0.2) is 0 Å². The van der Waals surface area contributed by atoms with Crippen molar-refractivity contribution in [3.63, 3.8) is 0 Å². The molecule has 7 nitrogen and oxygen atoms in total. The molecular weight excluding hydrogens is 320 g/mol. The minimum atomic E-state index is -3.68. The fourth-order valence-electron chi connectivity index (χ4n) is 3.50. The summed E-state index contributed by atoms with van der Waals surface area (Å²) in [5.74, 6) is -1.42. The van der Waals surface area contributed by atoms with E-state index in [-0.39, 0.29) is 18.5 Å². The highest BCUT2D eigenvalue weighted by Crippen LogP contribution is 2.24. The van der Waals surface area contributed by atoms with E-state index in [1.54, 1.807) is 0 Å². The van der Waals surface area contributed by atoms with E-state index in [0.717, 1.165) is 32.1 Å². The van der Waals surface area contributed by atoms with Crippen molar-refractivity contribution in [2.24, 2.45) is 5.92 Å². The van der Waals surface area contributed by atoms with Crippen LogP contribution in [0.3, 0.4) is 0 Å². The van der Waals surface area contributed by atoms with Crippen molar-refractivity contribution >= 4 is 21.9 Å². The Balaban J connectivity index is 1.89. The summed E-state index contributed by atoms with van der Waals surface area (Å²) in [4.78, 5) is 24.5.